The number of esters is 1. The Bertz CT molecular complexity index is 762. The minimum Gasteiger partial charge on any atom is -0.463 e. The normalized spacial score (nSPS) is 14.2. The second kappa shape index (κ2) is 11.6. The molecule has 0 bridgehead atoms. The van der Waals surface area contributed by atoms with Gasteiger partial charge >= 0.3 is 5.97 Å². The molecule has 0 heterocycles. The molecule has 0 fully saturated rings. The van der Waals surface area contributed by atoms with Crippen LogP contribution in [0.25, 0.3) is 0 Å². The zero-order valence-electron chi connectivity index (χ0n) is 16.6. The number of thioether (sulfide) groups is 1. The van der Waals surface area contributed by atoms with Crippen LogP contribution in [0.2, 0.25) is 0 Å². The van der Waals surface area contributed by atoms with Gasteiger partial charge in [0.05, 0.1) is 27.2 Å². The van der Waals surface area contributed by atoms with E-state index in [1.807, 2.05) is 30.3 Å². The fourth-order valence-corrected chi connectivity index (χ4v) is 3.79. The monoisotopic (exact) mass is 500 g/mol. The number of hydrogen-bond acceptors (Lipinski definition) is 7. The molecular formula is C20H25BrN2O4S2. The van der Waals surface area contributed by atoms with Gasteiger partial charge in [-0.15, -0.1) is 0 Å². The van der Waals surface area contributed by atoms with E-state index < -0.39 is 21.1 Å². The highest BCUT2D eigenvalue weighted by molar-refractivity contribution is 9.10. The van der Waals surface area contributed by atoms with Crippen molar-refractivity contribution in [2.75, 3.05) is 13.2 Å². The summed E-state index contributed by atoms with van der Waals surface area (Å²) in [6, 6.07) is 10.9. The fourth-order valence-electron chi connectivity index (χ4n) is 2.07. The summed E-state index contributed by atoms with van der Waals surface area (Å²) in [5.41, 5.74) is 0.854. The van der Waals surface area contributed by atoms with E-state index in [1.165, 1.54) is 11.8 Å². The Labute approximate surface area is 189 Å². The van der Waals surface area contributed by atoms with Gasteiger partial charge in [0.2, 0.25) is 5.91 Å². The lowest BCUT2D eigenvalue weighted by Gasteiger charge is -2.23. The van der Waals surface area contributed by atoms with Crippen LogP contribution in [0.3, 0.4) is 0 Å². The molecule has 2 atom stereocenters. The number of carbonyl (C=O) groups excluding carboxylic acids is 2. The summed E-state index contributed by atoms with van der Waals surface area (Å²) in [7, 11) is 0. The zero-order chi connectivity index (χ0) is 22.1. The van der Waals surface area contributed by atoms with Gasteiger partial charge in [-0.1, -0.05) is 70.2 Å². The average Bonchev–Trinajstić information content (AvgIpc) is 2.69. The summed E-state index contributed by atoms with van der Waals surface area (Å²) in [5, 5.41) is 21.5. The molecule has 0 spiro atoms. The highest BCUT2D eigenvalue weighted by atomic mass is 79.9. The predicted molar refractivity (Wildman–Crippen MR) is 122 cm³/mol. The van der Waals surface area contributed by atoms with Crippen molar-refractivity contribution in [2.45, 2.75) is 48.7 Å². The molecule has 2 N–H and O–H groups in total. The number of aliphatic hydroxyl groups is 1. The van der Waals surface area contributed by atoms with Crippen LogP contribution in [0.15, 0.2) is 30.3 Å². The number of halogens is 1. The first-order valence-corrected chi connectivity index (χ1v) is 11.0. The van der Waals surface area contributed by atoms with Crippen molar-refractivity contribution in [2.24, 2.45) is 0 Å². The quantitative estimate of drug-likeness (QED) is 0.288. The van der Waals surface area contributed by atoms with Gasteiger partial charge in [-0.3, -0.25) is 9.59 Å². The Morgan fingerprint density at radius 2 is 1.97 bits per heavy atom. The molecule has 6 nitrogen and oxygen atoms in total. The summed E-state index contributed by atoms with van der Waals surface area (Å²) >= 11 is 9.88. The van der Waals surface area contributed by atoms with Crippen molar-refractivity contribution in [1.29, 1.82) is 5.26 Å². The van der Waals surface area contributed by atoms with E-state index in [2.05, 4.69) is 27.3 Å². The molecule has 1 amide bonds. The van der Waals surface area contributed by atoms with E-state index in [-0.39, 0.29) is 32.0 Å². The number of nitrogens with one attached hydrogen (secondary N) is 1. The molecule has 0 saturated heterocycles. The summed E-state index contributed by atoms with van der Waals surface area (Å²) < 4.78 is 4.07. The minimum atomic E-state index is -0.878. The maximum atomic E-state index is 12.1. The molecule has 1 rings (SSSR count). The molecule has 0 aromatic heterocycles. The second-order valence-electron chi connectivity index (χ2n) is 7.11. The predicted octanol–water partition coefficient (Wildman–Crippen LogP) is 3.35. The number of nitrogens with zero attached hydrogens (tertiary/aromatic N) is 1. The lowest BCUT2D eigenvalue weighted by atomic mass is 10.1. The first-order valence-electron chi connectivity index (χ1n) is 8.97. The van der Waals surface area contributed by atoms with Crippen LogP contribution >= 0.6 is 39.9 Å². The SMILES string of the molecule is CC(C#N)(CCC(=O)OCC(CO)NC(=O)C(C)(C)Br)SC(=S)c1ccccc1. The molecule has 0 saturated carbocycles. The highest BCUT2D eigenvalue weighted by Crippen LogP contribution is 2.33. The van der Waals surface area contributed by atoms with Gasteiger partial charge in [0.1, 0.15) is 11.4 Å². The van der Waals surface area contributed by atoms with E-state index in [0.29, 0.717) is 4.20 Å². The Balaban J connectivity index is 2.53. The first-order chi connectivity index (χ1) is 13.5. The van der Waals surface area contributed by atoms with E-state index >= 15 is 0 Å². The van der Waals surface area contributed by atoms with Gasteiger partial charge in [0.15, 0.2) is 0 Å². The second-order valence-corrected chi connectivity index (χ2v) is 11.3. The topological polar surface area (TPSA) is 99.4 Å². The zero-order valence-corrected chi connectivity index (χ0v) is 19.8. The number of rotatable bonds is 10. The Kier molecular flexibility index (Phi) is 10.3. The summed E-state index contributed by atoms with van der Waals surface area (Å²) in [6.45, 7) is 4.56. The number of benzene rings is 1. The molecule has 2 unspecified atom stereocenters. The average molecular weight is 501 g/mol. The molecule has 29 heavy (non-hydrogen) atoms. The van der Waals surface area contributed by atoms with Crippen LogP contribution in [0.1, 0.15) is 39.2 Å². The first kappa shape index (κ1) is 25.6. The van der Waals surface area contributed by atoms with Gasteiger partial charge in [-0.2, -0.15) is 5.26 Å². The van der Waals surface area contributed by atoms with Gasteiger partial charge in [-0.05, 0) is 32.8 Å². The third kappa shape index (κ3) is 9.26. The smallest absolute Gasteiger partial charge is 0.305 e. The highest BCUT2D eigenvalue weighted by Gasteiger charge is 2.29. The third-order valence-electron chi connectivity index (χ3n) is 3.91. The maximum absolute atomic E-state index is 12.1. The number of alkyl halides is 1. The Hall–Kier alpha value is -1.47. The Morgan fingerprint density at radius 1 is 1.34 bits per heavy atom. The van der Waals surface area contributed by atoms with Crippen LogP contribution in [0.5, 0.6) is 0 Å². The number of hydrogen-bond donors (Lipinski definition) is 2. The molecule has 0 aliphatic rings. The van der Waals surface area contributed by atoms with Gasteiger partial charge in [-0.25, -0.2) is 0 Å². The van der Waals surface area contributed by atoms with Crippen LogP contribution in [-0.2, 0) is 14.3 Å². The van der Waals surface area contributed by atoms with Crippen molar-refractivity contribution in [3.63, 3.8) is 0 Å². The lowest BCUT2D eigenvalue weighted by molar-refractivity contribution is -0.145. The van der Waals surface area contributed by atoms with Crippen LogP contribution < -0.4 is 5.32 Å². The van der Waals surface area contributed by atoms with Gasteiger partial charge in [0, 0.05) is 6.42 Å². The molecule has 1 aromatic rings. The number of thiocarbonyl (C=S) groups is 1. The number of amides is 1. The molecule has 158 valence electrons. The van der Waals surface area contributed by atoms with Crippen molar-refractivity contribution in [3.05, 3.63) is 35.9 Å². The van der Waals surface area contributed by atoms with Crippen LogP contribution in [0.4, 0.5) is 0 Å². The summed E-state index contributed by atoms with van der Waals surface area (Å²) in [6.07, 6.45) is 0.273. The van der Waals surface area contributed by atoms with Crippen molar-refractivity contribution < 1.29 is 19.4 Å². The molecule has 9 heteroatoms. The lowest BCUT2D eigenvalue weighted by Crippen LogP contribution is -2.47. The number of ether oxygens (including phenoxy) is 1. The van der Waals surface area contributed by atoms with E-state index in [9.17, 15) is 20.0 Å². The van der Waals surface area contributed by atoms with Gasteiger partial charge < -0.3 is 15.2 Å². The van der Waals surface area contributed by atoms with Crippen LogP contribution in [0, 0.1) is 11.3 Å². The fraction of sp³-hybridized carbons (Fsp3) is 0.500. The van der Waals surface area contributed by atoms with E-state index in [0.717, 1.165) is 5.56 Å². The van der Waals surface area contributed by atoms with Crippen LogP contribution in [-0.4, -0.2) is 49.5 Å². The van der Waals surface area contributed by atoms with Crippen molar-refractivity contribution >= 4 is 56.0 Å². The minimum absolute atomic E-state index is 0.0183. The van der Waals surface area contributed by atoms with E-state index in [1.54, 1.807) is 20.8 Å². The number of nitriles is 1. The molecule has 0 aliphatic heterocycles. The molecular weight excluding hydrogens is 476 g/mol. The molecule has 1 aromatic carbocycles. The summed E-state index contributed by atoms with van der Waals surface area (Å²) in [4.78, 5) is 24.0. The Morgan fingerprint density at radius 3 is 2.48 bits per heavy atom. The van der Waals surface area contributed by atoms with Gasteiger partial charge in [0.25, 0.3) is 0 Å². The standard InChI is InChI=1S/C20H25BrN2O4S2/c1-19(2,21)18(26)23-15(11-24)12-27-16(25)9-10-20(3,13-22)29-17(28)14-7-5-4-6-8-14/h4-8,15,24H,9-12H2,1-3H3,(H,23,26). The van der Waals surface area contributed by atoms with Crippen molar-refractivity contribution in [3.8, 4) is 6.07 Å². The maximum Gasteiger partial charge on any atom is 0.305 e. The largest absolute Gasteiger partial charge is 0.463 e. The number of carbonyl (C=O) groups is 2. The number of aliphatic hydroxyl groups excluding tert-OH is 1. The molecule has 0 radical (unpaired) electrons. The molecule has 0 aliphatic carbocycles. The third-order valence-corrected chi connectivity index (χ3v) is 5.92. The summed E-state index contributed by atoms with van der Waals surface area (Å²) in [5.74, 6) is -0.834. The van der Waals surface area contributed by atoms with Crippen molar-refractivity contribution in [1.82, 2.24) is 5.32 Å². The van der Waals surface area contributed by atoms with E-state index in [4.69, 9.17) is 17.0 Å².